The van der Waals surface area contributed by atoms with Crippen LogP contribution in [0.2, 0.25) is 0 Å². The molecule has 0 atom stereocenters. The number of nitrogens with zero attached hydrogens (tertiary/aromatic N) is 3. The molecule has 0 heterocycles. The molecular formula is C18H11N3O8. The molecule has 0 fully saturated rings. The van der Waals surface area contributed by atoms with Crippen molar-refractivity contribution in [3.8, 4) is 35.2 Å². The number of hydrogen-bond acceptors (Lipinski definition) is 8. The highest BCUT2D eigenvalue weighted by Crippen LogP contribution is 2.30. The quantitative estimate of drug-likeness (QED) is 0.393. The van der Waals surface area contributed by atoms with Gasteiger partial charge < -0.3 is 9.47 Å². The van der Waals surface area contributed by atoms with Crippen molar-refractivity contribution in [2.24, 2.45) is 0 Å². The van der Waals surface area contributed by atoms with Crippen molar-refractivity contribution >= 4 is 17.1 Å². The monoisotopic (exact) mass is 397 g/mol. The lowest BCUT2D eigenvalue weighted by Crippen LogP contribution is -2.00. The summed E-state index contributed by atoms with van der Waals surface area (Å²) in [6.07, 6.45) is 0. The fourth-order valence-corrected chi connectivity index (χ4v) is 1.94. The van der Waals surface area contributed by atoms with Gasteiger partial charge in [0, 0.05) is 18.2 Å². The fraction of sp³-hybridized carbons (Fsp3) is 0.111. The van der Waals surface area contributed by atoms with Crippen LogP contribution in [0.4, 0.5) is 17.1 Å². The van der Waals surface area contributed by atoms with E-state index in [1.807, 2.05) is 0 Å². The first-order valence-corrected chi connectivity index (χ1v) is 7.77. The number of hydrogen-bond donors (Lipinski definition) is 0. The molecule has 11 nitrogen and oxygen atoms in total. The summed E-state index contributed by atoms with van der Waals surface area (Å²) in [4.78, 5) is 30.1. The maximum absolute atomic E-state index is 11.0. The topological polar surface area (TPSA) is 148 Å². The van der Waals surface area contributed by atoms with Crippen molar-refractivity contribution in [1.82, 2.24) is 0 Å². The molecule has 0 aliphatic rings. The SMILES string of the molecule is O=[N+]([O-])c1ccc(OCC#CC#CCOc2ccc([N+](=O)[O-])cc2[N+](=O)[O-])cc1. The van der Waals surface area contributed by atoms with E-state index in [-0.39, 0.29) is 24.7 Å². The summed E-state index contributed by atoms with van der Waals surface area (Å²) in [7, 11) is 0. The third kappa shape index (κ3) is 6.23. The predicted octanol–water partition coefficient (Wildman–Crippen LogP) is 2.88. The van der Waals surface area contributed by atoms with E-state index in [1.54, 1.807) is 0 Å². The maximum atomic E-state index is 11.0. The number of ether oxygens (including phenoxy) is 2. The van der Waals surface area contributed by atoms with E-state index in [1.165, 1.54) is 24.3 Å². The van der Waals surface area contributed by atoms with Crippen molar-refractivity contribution < 1.29 is 24.2 Å². The Morgan fingerprint density at radius 1 is 0.724 bits per heavy atom. The first-order chi connectivity index (χ1) is 13.9. The molecule has 146 valence electrons. The van der Waals surface area contributed by atoms with Gasteiger partial charge in [0.25, 0.3) is 11.4 Å². The minimum Gasteiger partial charge on any atom is -0.481 e. The summed E-state index contributed by atoms with van der Waals surface area (Å²) in [6.45, 7) is -0.211. The Morgan fingerprint density at radius 3 is 1.83 bits per heavy atom. The Balaban J connectivity index is 1.85. The van der Waals surface area contributed by atoms with E-state index in [4.69, 9.17) is 9.47 Å². The van der Waals surface area contributed by atoms with E-state index >= 15 is 0 Å². The van der Waals surface area contributed by atoms with Gasteiger partial charge in [0.1, 0.15) is 19.0 Å². The van der Waals surface area contributed by atoms with E-state index < -0.39 is 26.1 Å². The van der Waals surface area contributed by atoms with Crippen LogP contribution in [0.15, 0.2) is 42.5 Å². The minimum absolute atomic E-state index is 0.00116. The largest absolute Gasteiger partial charge is 0.481 e. The van der Waals surface area contributed by atoms with Crippen LogP contribution >= 0.6 is 0 Å². The first kappa shape index (κ1) is 20.7. The zero-order valence-corrected chi connectivity index (χ0v) is 14.6. The van der Waals surface area contributed by atoms with Gasteiger partial charge >= 0.3 is 5.69 Å². The Bertz CT molecular complexity index is 1060. The molecule has 11 heteroatoms. The van der Waals surface area contributed by atoms with Gasteiger partial charge in [-0.1, -0.05) is 0 Å². The molecule has 0 spiro atoms. The molecule has 0 amide bonds. The lowest BCUT2D eigenvalue weighted by Gasteiger charge is -2.02. The Hall–Kier alpha value is -4.64. The molecule has 0 N–H and O–H groups in total. The number of benzene rings is 2. The van der Waals surface area contributed by atoms with Crippen LogP contribution in [0.3, 0.4) is 0 Å². The van der Waals surface area contributed by atoms with Crippen molar-refractivity contribution in [3.63, 3.8) is 0 Å². The smallest absolute Gasteiger partial charge is 0.317 e. The van der Waals surface area contributed by atoms with Gasteiger partial charge in [-0.05, 0) is 41.9 Å². The average Bonchev–Trinajstić information content (AvgIpc) is 2.70. The first-order valence-electron chi connectivity index (χ1n) is 7.77. The van der Waals surface area contributed by atoms with Crippen LogP contribution < -0.4 is 9.47 Å². The number of non-ortho nitro benzene ring substituents is 2. The van der Waals surface area contributed by atoms with Gasteiger partial charge in [-0.2, -0.15) is 0 Å². The average molecular weight is 397 g/mol. The number of rotatable bonds is 7. The zero-order valence-electron chi connectivity index (χ0n) is 14.6. The van der Waals surface area contributed by atoms with Crippen molar-refractivity contribution in [1.29, 1.82) is 0 Å². The Morgan fingerprint density at radius 2 is 1.28 bits per heavy atom. The molecule has 2 aromatic carbocycles. The van der Waals surface area contributed by atoms with Gasteiger partial charge in [0.2, 0.25) is 0 Å². The van der Waals surface area contributed by atoms with Crippen LogP contribution in [0.25, 0.3) is 0 Å². The van der Waals surface area contributed by atoms with Crippen LogP contribution in [0.1, 0.15) is 0 Å². The lowest BCUT2D eigenvalue weighted by molar-refractivity contribution is -0.394. The molecule has 2 aromatic rings. The number of nitro groups is 3. The molecule has 0 saturated heterocycles. The highest BCUT2D eigenvalue weighted by atomic mass is 16.6. The number of nitro benzene ring substituents is 3. The highest BCUT2D eigenvalue weighted by molar-refractivity contribution is 5.53. The zero-order chi connectivity index (χ0) is 21.2. The molecule has 0 aliphatic heterocycles. The Kier molecular flexibility index (Phi) is 7.05. The van der Waals surface area contributed by atoms with Gasteiger partial charge in [-0.25, -0.2) is 0 Å². The van der Waals surface area contributed by atoms with Crippen molar-refractivity contribution in [3.05, 3.63) is 72.8 Å². The van der Waals surface area contributed by atoms with E-state index in [2.05, 4.69) is 23.7 Å². The summed E-state index contributed by atoms with van der Waals surface area (Å²) in [5, 5.41) is 32.2. The highest BCUT2D eigenvalue weighted by Gasteiger charge is 2.20. The normalized spacial score (nSPS) is 9.24. The second kappa shape index (κ2) is 9.89. The molecule has 0 aromatic heterocycles. The molecular weight excluding hydrogens is 386 g/mol. The second-order valence-corrected chi connectivity index (χ2v) is 5.10. The summed E-state index contributed by atoms with van der Waals surface area (Å²) >= 11 is 0. The van der Waals surface area contributed by atoms with E-state index in [9.17, 15) is 30.3 Å². The molecule has 2 rings (SSSR count). The standard InChI is InChI=1S/C18H11N3O8/c22-19(23)14-5-8-16(9-6-14)28-11-3-1-2-4-12-29-18-10-7-15(20(24)25)13-17(18)21(26)27/h5-10,13H,11-12H2. The van der Waals surface area contributed by atoms with Crippen molar-refractivity contribution in [2.45, 2.75) is 0 Å². The van der Waals surface area contributed by atoms with Crippen LogP contribution in [-0.2, 0) is 0 Å². The summed E-state index contributed by atoms with van der Waals surface area (Å²) in [6, 6.07) is 8.51. The molecule has 0 bridgehead atoms. The van der Waals surface area contributed by atoms with Crippen LogP contribution in [-0.4, -0.2) is 28.0 Å². The fourth-order valence-electron chi connectivity index (χ4n) is 1.94. The molecule has 29 heavy (non-hydrogen) atoms. The molecule has 0 aliphatic carbocycles. The maximum Gasteiger partial charge on any atom is 0.317 e. The third-order valence-electron chi connectivity index (χ3n) is 3.25. The van der Waals surface area contributed by atoms with Gasteiger partial charge in [0.15, 0.2) is 5.75 Å². The molecule has 0 radical (unpaired) electrons. The van der Waals surface area contributed by atoms with Gasteiger partial charge in [0.05, 0.1) is 20.8 Å². The second-order valence-electron chi connectivity index (χ2n) is 5.10. The summed E-state index contributed by atoms with van der Waals surface area (Å²) < 4.78 is 10.4. The molecule has 0 saturated carbocycles. The van der Waals surface area contributed by atoms with E-state index in [0.29, 0.717) is 5.75 Å². The van der Waals surface area contributed by atoms with Crippen molar-refractivity contribution in [2.75, 3.05) is 13.2 Å². The lowest BCUT2D eigenvalue weighted by atomic mass is 10.2. The van der Waals surface area contributed by atoms with Crippen LogP contribution in [0, 0.1) is 54.0 Å². The third-order valence-corrected chi connectivity index (χ3v) is 3.25. The Labute approximate surface area is 163 Å². The minimum atomic E-state index is -0.787. The van der Waals surface area contributed by atoms with Gasteiger partial charge in [-0.3, -0.25) is 30.3 Å². The van der Waals surface area contributed by atoms with Crippen LogP contribution in [0.5, 0.6) is 11.5 Å². The van der Waals surface area contributed by atoms with Gasteiger partial charge in [-0.15, -0.1) is 0 Å². The summed E-state index contributed by atoms with van der Waals surface area (Å²) in [5.41, 5.74) is -1.01. The predicted molar refractivity (Wildman–Crippen MR) is 99.4 cm³/mol. The summed E-state index contributed by atoms with van der Waals surface area (Å²) in [5.74, 6) is 10.3. The van der Waals surface area contributed by atoms with E-state index in [0.717, 1.165) is 18.2 Å². The molecule has 0 unspecified atom stereocenters.